The number of carbonyl (C=O) groups is 1. The van der Waals surface area contributed by atoms with Gasteiger partial charge in [-0.05, 0) is 32.3 Å². The third kappa shape index (κ3) is 4.51. The van der Waals surface area contributed by atoms with Crippen molar-refractivity contribution in [3.63, 3.8) is 0 Å². The van der Waals surface area contributed by atoms with Gasteiger partial charge in [0.1, 0.15) is 6.26 Å². The molecule has 0 bridgehead atoms. The second kappa shape index (κ2) is 9.64. The highest BCUT2D eigenvalue weighted by Gasteiger charge is 2.23. The van der Waals surface area contributed by atoms with Gasteiger partial charge in [-0.1, -0.05) is 29.8 Å². The fourth-order valence-electron chi connectivity index (χ4n) is 4.22. The van der Waals surface area contributed by atoms with Crippen LogP contribution in [0.4, 0.5) is 5.69 Å². The number of ether oxygens (including phenoxy) is 1. The number of carbonyl (C=O) groups excluding carboxylic acids is 1. The minimum atomic E-state index is -0.289. The molecule has 1 aromatic carbocycles. The minimum absolute atomic E-state index is 0.226. The molecule has 9 nitrogen and oxygen atoms in total. The quantitative estimate of drug-likeness (QED) is 0.430. The van der Waals surface area contributed by atoms with Gasteiger partial charge in [-0.15, -0.1) is 0 Å². The highest BCUT2D eigenvalue weighted by molar-refractivity contribution is 5.97. The number of fused-ring (bicyclic) bond motifs is 1. The maximum atomic E-state index is 12.7. The lowest BCUT2D eigenvalue weighted by Gasteiger charge is -2.25. The topological polar surface area (TPSA) is 107 Å². The maximum Gasteiger partial charge on any atom is 0.273 e. The zero-order chi connectivity index (χ0) is 23.5. The van der Waals surface area contributed by atoms with Crippen LogP contribution in [0.5, 0.6) is 0 Å². The van der Waals surface area contributed by atoms with Crippen molar-refractivity contribution in [2.45, 2.75) is 45.8 Å². The number of oxazole rings is 1. The molecule has 34 heavy (non-hydrogen) atoms. The molecule has 9 heteroatoms. The molecule has 1 aliphatic rings. The van der Waals surface area contributed by atoms with Crippen molar-refractivity contribution in [3.05, 3.63) is 59.7 Å². The molecular weight excluding hydrogens is 432 g/mol. The van der Waals surface area contributed by atoms with E-state index in [9.17, 15) is 4.79 Å². The number of hydrogen-bond donors (Lipinski definition) is 2. The van der Waals surface area contributed by atoms with Crippen LogP contribution in [0.2, 0.25) is 0 Å². The molecule has 1 saturated heterocycles. The second-order valence-electron chi connectivity index (χ2n) is 8.49. The molecule has 5 rings (SSSR count). The molecule has 0 radical (unpaired) electrons. The Kier molecular flexibility index (Phi) is 6.27. The number of hydrogen-bond acceptors (Lipinski definition) is 7. The van der Waals surface area contributed by atoms with Gasteiger partial charge in [0.2, 0.25) is 5.89 Å². The number of anilines is 1. The summed E-state index contributed by atoms with van der Waals surface area (Å²) < 4.78 is 13.1. The maximum absolute atomic E-state index is 12.7. The average molecular weight is 461 g/mol. The van der Waals surface area contributed by atoms with Gasteiger partial charge in [0.15, 0.2) is 11.3 Å². The van der Waals surface area contributed by atoms with E-state index in [2.05, 4.69) is 25.7 Å². The summed E-state index contributed by atoms with van der Waals surface area (Å²) >= 11 is 0. The molecule has 0 unspecified atom stereocenters. The first kappa shape index (κ1) is 22.1. The van der Waals surface area contributed by atoms with E-state index < -0.39 is 0 Å². The van der Waals surface area contributed by atoms with E-state index in [1.54, 1.807) is 6.20 Å². The minimum Gasteiger partial charge on any atom is -0.443 e. The van der Waals surface area contributed by atoms with Crippen LogP contribution in [-0.4, -0.2) is 44.9 Å². The standard InChI is InChI=1S/C25H28N6O3/c1-3-31-23-19(14-28-31)22(29-18-7-9-33-10-8-18)20(13-26-23)25-30-21(15-34-25)24(32)27-12-17-6-4-5-16(2)11-17/h4-6,11,13-15,18H,3,7-10,12H2,1-2H3,(H,26,29)(H,27,32). The molecule has 1 amide bonds. The van der Waals surface area contributed by atoms with Crippen LogP contribution in [-0.2, 0) is 17.8 Å². The van der Waals surface area contributed by atoms with Crippen molar-refractivity contribution in [2.75, 3.05) is 18.5 Å². The number of benzene rings is 1. The monoisotopic (exact) mass is 460 g/mol. The van der Waals surface area contributed by atoms with Crippen LogP contribution >= 0.6 is 0 Å². The van der Waals surface area contributed by atoms with Crippen molar-refractivity contribution in [1.29, 1.82) is 0 Å². The van der Waals surface area contributed by atoms with Gasteiger partial charge in [-0.25, -0.2) is 14.6 Å². The molecule has 0 saturated carbocycles. The van der Waals surface area contributed by atoms with Crippen molar-refractivity contribution >= 4 is 22.6 Å². The van der Waals surface area contributed by atoms with Gasteiger partial charge in [0.05, 0.1) is 22.8 Å². The molecular formula is C25H28N6O3. The van der Waals surface area contributed by atoms with Gasteiger partial charge in [0.25, 0.3) is 5.91 Å². The van der Waals surface area contributed by atoms with Crippen LogP contribution < -0.4 is 10.6 Å². The van der Waals surface area contributed by atoms with E-state index in [4.69, 9.17) is 9.15 Å². The van der Waals surface area contributed by atoms with Crippen molar-refractivity contribution in [2.24, 2.45) is 0 Å². The molecule has 4 aromatic rings. The average Bonchev–Trinajstić information content (AvgIpc) is 3.51. The summed E-state index contributed by atoms with van der Waals surface area (Å²) in [5.41, 5.74) is 4.77. The number of aryl methyl sites for hydroxylation is 2. The van der Waals surface area contributed by atoms with E-state index in [0.29, 0.717) is 18.0 Å². The third-order valence-electron chi connectivity index (χ3n) is 6.04. The van der Waals surface area contributed by atoms with Crippen LogP contribution in [0.3, 0.4) is 0 Å². The molecule has 2 N–H and O–H groups in total. The smallest absolute Gasteiger partial charge is 0.273 e. The number of nitrogens with zero attached hydrogens (tertiary/aromatic N) is 4. The molecule has 0 aliphatic carbocycles. The van der Waals surface area contributed by atoms with E-state index >= 15 is 0 Å². The lowest BCUT2D eigenvalue weighted by molar-refractivity contribution is 0.0904. The summed E-state index contributed by atoms with van der Waals surface area (Å²) in [5, 5.41) is 11.9. The normalized spacial score (nSPS) is 14.4. The molecule has 176 valence electrons. The Bertz CT molecular complexity index is 1310. The summed E-state index contributed by atoms with van der Waals surface area (Å²) in [7, 11) is 0. The van der Waals surface area contributed by atoms with Crippen LogP contribution in [0, 0.1) is 6.92 Å². The number of nitrogens with one attached hydrogen (secondary N) is 2. The van der Waals surface area contributed by atoms with Gasteiger partial charge in [0, 0.05) is 38.5 Å². The van der Waals surface area contributed by atoms with Gasteiger partial charge < -0.3 is 19.8 Å². The lowest BCUT2D eigenvalue weighted by atomic mass is 10.1. The first-order chi connectivity index (χ1) is 16.6. The zero-order valence-electron chi connectivity index (χ0n) is 19.4. The third-order valence-corrected chi connectivity index (χ3v) is 6.04. The van der Waals surface area contributed by atoms with Crippen LogP contribution in [0.15, 0.2) is 47.3 Å². The van der Waals surface area contributed by atoms with E-state index in [-0.39, 0.29) is 17.6 Å². The van der Waals surface area contributed by atoms with Crippen molar-refractivity contribution in [3.8, 4) is 11.5 Å². The number of amides is 1. The predicted octanol–water partition coefficient (Wildman–Crippen LogP) is 3.94. The highest BCUT2D eigenvalue weighted by Crippen LogP contribution is 2.34. The molecule has 1 fully saturated rings. The predicted molar refractivity (Wildman–Crippen MR) is 129 cm³/mol. The molecule has 4 heterocycles. The Morgan fingerprint density at radius 3 is 2.88 bits per heavy atom. The number of rotatable bonds is 7. The van der Waals surface area contributed by atoms with E-state index in [1.165, 1.54) is 6.26 Å². The molecule has 1 aliphatic heterocycles. The zero-order valence-corrected chi connectivity index (χ0v) is 19.4. The van der Waals surface area contributed by atoms with Crippen molar-refractivity contribution < 1.29 is 13.9 Å². The van der Waals surface area contributed by atoms with Gasteiger partial charge in [-0.3, -0.25) is 4.79 Å². The second-order valence-corrected chi connectivity index (χ2v) is 8.49. The molecule has 0 atom stereocenters. The van der Waals surface area contributed by atoms with Gasteiger partial charge in [-0.2, -0.15) is 5.10 Å². The Balaban J connectivity index is 1.42. The first-order valence-corrected chi connectivity index (χ1v) is 11.6. The molecule has 3 aromatic heterocycles. The fraction of sp³-hybridized carbons (Fsp3) is 0.360. The van der Waals surface area contributed by atoms with Gasteiger partial charge >= 0.3 is 0 Å². The first-order valence-electron chi connectivity index (χ1n) is 11.6. The van der Waals surface area contributed by atoms with Crippen molar-refractivity contribution in [1.82, 2.24) is 25.1 Å². The van der Waals surface area contributed by atoms with Crippen LogP contribution in [0.1, 0.15) is 41.4 Å². The Morgan fingerprint density at radius 2 is 2.09 bits per heavy atom. The Labute approximate surface area is 197 Å². The summed E-state index contributed by atoms with van der Waals surface area (Å²) in [4.78, 5) is 21.8. The largest absolute Gasteiger partial charge is 0.443 e. The Morgan fingerprint density at radius 1 is 1.24 bits per heavy atom. The summed E-state index contributed by atoms with van der Waals surface area (Å²) in [5.74, 6) is 0.0530. The lowest BCUT2D eigenvalue weighted by Crippen LogP contribution is -2.28. The Hall–Kier alpha value is -3.72. The summed E-state index contributed by atoms with van der Waals surface area (Å²) in [6.45, 7) is 6.64. The fourth-order valence-corrected chi connectivity index (χ4v) is 4.22. The van der Waals surface area contributed by atoms with E-state index in [1.807, 2.05) is 49.0 Å². The highest BCUT2D eigenvalue weighted by atomic mass is 16.5. The van der Waals surface area contributed by atoms with Crippen LogP contribution in [0.25, 0.3) is 22.5 Å². The molecule has 0 spiro atoms. The summed E-state index contributed by atoms with van der Waals surface area (Å²) in [6.07, 6.45) is 6.75. The summed E-state index contributed by atoms with van der Waals surface area (Å²) in [6, 6.07) is 8.28. The number of aromatic nitrogens is 4. The SMILES string of the molecule is CCn1ncc2c(NC3CCOCC3)c(-c3nc(C(=O)NCc4cccc(C)c4)co3)cnc21. The number of pyridine rings is 1. The van der Waals surface area contributed by atoms with E-state index in [0.717, 1.165) is 60.4 Å².